The van der Waals surface area contributed by atoms with Gasteiger partial charge in [-0.1, -0.05) is 18.9 Å². The van der Waals surface area contributed by atoms with Gasteiger partial charge in [-0.15, -0.1) is 0 Å². The number of hydrogen-bond donors (Lipinski definition) is 0. The Morgan fingerprint density at radius 3 is 2.70 bits per heavy atom. The fourth-order valence-electron chi connectivity index (χ4n) is 3.75. The molecule has 7 heteroatoms. The fourth-order valence-corrected chi connectivity index (χ4v) is 4.24. The molecule has 140 valence electrons. The zero-order valence-electron chi connectivity index (χ0n) is 15.2. The molecule has 0 N–H and O–H groups in total. The van der Waals surface area contributed by atoms with E-state index in [9.17, 15) is 0 Å². The van der Waals surface area contributed by atoms with E-state index in [0.717, 1.165) is 45.6 Å². The second-order valence-electron chi connectivity index (χ2n) is 6.82. The molecule has 0 saturated heterocycles. The van der Waals surface area contributed by atoms with Gasteiger partial charge >= 0.3 is 0 Å². The minimum atomic E-state index is 0.215. The molecule has 2 heterocycles. The molecule has 4 rings (SSSR count). The molecule has 3 aromatic rings. The van der Waals surface area contributed by atoms with Gasteiger partial charge in [0, 0.05) is 16.7 Å². The lowest BCUT2D eigenvalue weighted by Gasteiger charge is -2.32. The Kier molecular flexibility index (Phi) is 5.19. The predicted octanol–water partition coefficient (Wildman–Crippen LogP) is 5.84. The number of ether oxygens (including phenoxy) is 1. The van der Waals surface area contributed by atoms with Gasteiger partial charge in [0.25, 0.3) is 0 Å². The van der Waals surface area contributed by atoms with Gasteiger partial charge in [0.15, 0.2) is 5.82 Å². The van der Waals surface area contributed by atoms with Gasteiger partial charge in [-0.05, 0) is 71.1 Å². The van der Waals surface area contributed by atoms with Crippen molar-refractivity contribution in [3.63, 3.8) is 0 Å². The summed E-state index contributed by atoms with van der Waals surface area (Å²) in [5.74, 6) is 1.54. The van der Waals surface area contributed by atoms with Gasteiger partial charge in [-0.3, -0.25) is 0 Å². The van der Waals surface area contributed by atoms with Gasteiger partial charge in [-0.25, -0.2) is 9.97 Å². The van der Waals surface area contributed by atoms with Crippen molar-refractivity contribution in [3.8, 4) is 5.75 Å². The largest absolute Gasteiger partial charge is 0.495 e. The summed E-state index contributed by atoms with van der Waals surface area (Å²) < 4.78 is 6.54. The standard InChI is InChI=1S/C20H20BrClN4O/c1-12-7-8-17(27-2)16(9-12)26(14-5-3-4-6-14)19-18-15(24-20(22)25-19)10-13(21)11-23-18/h7-11,14H,3-6H2,1-2H3. The Hall–Kier alpha value is -1.92. The molecule has 0 unspecified atom stereocenters. The molecule has 1 saturated carbocycles. The van der Waals surface area contributed by atoms with Gasteiger partial charge < -0.3 is 9.64 Å². The number of anilines is 2. The summed E-state index contributed by atoms with van der Waals surface area (Å²) in [5.41, 5.74) is 3.60. The van der Waals surface area contributed by atoms with Crippen LogP contribution in [-0.2, 0) is 0 Å². The number of benzene rings is 1. The summed E-state index contributed by atoms with van der Waals surface area (Å²) >= 11 is 9.76. The molecular weight excluding hydrogens is 428 g/mol. The van der Waals surface area contributed by atoms with Crippen molar-refractivity contribution in [3.05, 3.63) is 45.8 Å². The van der Waals surface area contributed by atoms with Gasteiger partial charge in [0.2, 0.25) is 5.28 Å². The molecule has 0 bridgehead atoms. The average Bonchev–Trinajstić information content (AvgIpc) is 3.16. The number of pyridine rings is 1. The second-order valence-corrected chi connectivity index (χ2v) is 8.07. The number of nitrogens with zero attached hydrogens (tertiary/aromatic N) is 4. The molecule has 0 aliphatic heterocycles. The highest BCUT2D eigenvalue weighted by atomic mass is 79.9. The number of halogens is 2. The van der Waals surface area contributed by atoms with Crippen LogP contribution in [-0.4, -0.2) is 28.1 Å². The summed E-state index contributed by atoms with van der Waals surface area (Å²) in [6.45, 7) is 2.08. The van der Waals surface area contributed by atoms with Crippen LogP contribution >= 0.6 is 27.5 Å². The summed E-state index contributed by atoms with van der Waals surface area (Å²) in [6, 6.07) is 8.43. The fraction of sp³-hybridized carbons (Fsp3) is 0.350. The zero-order chi connectivity index (χ0) is 19.0. The van der Waals surface area contributed by atoms with Crippen LogP contribution < -0.4 is 9.64 Å². The third-order valence-electron chi connectivity index (χ3n) is 4.97. The number of fused-ring (bicyclic) bond motifs is 1. The molecule has 0 spiro atoms. The minimum Gasteiger partial charge on any atom is -0.495 e. The molecular formula is C20H20BrClN4O. The van der Waals surface area contributed by atoms with Gasteiger partial charge in [0.05, 0.1) is 18.3 Å². The van der Waals surface area contributed by atoms with Crippen molar-refractivity contribution >= 4 is 50.1 Å². The van der Waals surface area contributed by atoms with Crippen LogP contribution in [0.2, 0.25) is 5.28 Å². The SMILES string of the molecule is COc1ccc(C)cc1N(c1nc(Cl)nc2cc(Br)cnc12)C1CCCC1. The highest BCUT2D eigenvalue weighted by Gasteiger charge is 2.29. The van der Waals surface area contributed by atoms with E-state index in [1.807, 2.05) is 12.1 Å². The lowest BCUT2D eigenvalue weighted by molar-refractivity contribution is 0.414. The summed E-state index contributed by atoms with van der Waals surface area (Å²) in [5, 5.41) is 0.215. The van der Waals surface area contributed by atoms with Crippen LogP contribution in [0, 0.1) is 6.92 Å². The molecule has 1 aromatic carbocycles. The van der Waals surface area contributed by atoms with Crippen molar-refractivity contribution in [1.29, 1.82) is 0 Å². The number of methoxy groups -OCH3 is 1. The van der Waals surface area contributed by atoms with Gasteiger partial charge in [0.1, 0.15) is 11.3 Å². The molecule has 0 radical (unpaired) electrons. The normalized spacial score (nSPS) is 14.7. The van der Waals surface area contributed by atoms with E-state index in [1.54, 1.807) is 13.3 Å². The molecule has 5 nitrogen and oxygen atoms in total. The van der Waals surface area contributed by atoms with Crippen LogP contribution in [0.1, 0.15) is 31.2 Å². The van der Waals surface area contributed by atoms with Crippen molar-refractivity contribution in [2.75, 3.05) is 12.0 Å². The monoisotopic (exact) mass is 446 g/mol. The third-order valence-corrected chi connectivity index (χ3v) is 5.57. The Morgan fingerprint density at radius 1 is 1.19 bits per heavy atom. The molecule has 1 fully saturated rings. The number of aryl methyl sites for hydroxylation is 1. The van der Waals surface area contributed by atoms with Crippen molar-refractivity contribution < 1.29 is 4.74 Å². The molecule has 1 aliphatic rings. The maximum Gasteiger partial charge on any atom is 0.225 e. The zero-order valence-corrected chi connectivity index (χ0v) is 17.6. The first-order chi connectivity index (χ1) is 13.1. The van der Waals surface area contributed by atoms with Crippen LogP contribution in [0.25, 0.3) is 11.0 Å². The highest BCUT2D eigenvalue weighted by Crippen LogP contribution is 2.41. The molecule has 0 amide bonds. The van der Waals surface area contributed by atoms with E-state index in [2.05, 4.69) is 54.8 Å². The van der Waals surface area contributed by atoms with E-state index >= 15 is 0 Å². The van der Waals surface area contributed by atoms with Crippen LogP contribution in [0.5, 0.6) is 5.75 Å². The average molecular weight is 448 g/mol. The van der Waals surface area contributed by atoms with Crippen LogP contribution in [0.4, 0.5) is 11.5 Å². The Labute approximate surface area is 171 Å². The van der Waals surface area contributed by atoms with Gasteiger partial charge in [-0.2, -0.15) is 4.98 Å². The minimum absolute atomic E-state index is 0.215. The maximum atomic E-state index is 6.30. The molecule has 27 heavy (non-hydrogen) atoms. The smallest absolute Gasteiger partial charge is 0.225 e. The van der Waals surface area contributed by atoms with Crippen molar-refractivity contribution in [2.24, 2.45) is 0 Å². The van der Waals surface area contributed by atoms with Crippen molar-refractivity contribution in [1.82, 2.24) is 15.0 Å². The van der Waals surface area contributed by atoms with E-state index < -0.39 is 0 Å². The number of aromatic nitrogens is 3. The van der Waals surface area contributed by atoms with E-state index in [-0.39, 0.29) is 5.28 Å². The second kappa shape index (κ2) is 7.60. The lowest BCUT2D eigenvalue weighted by Crippen LogP contribution is -2.30. The first kappa shape index (κ1) is 18.4. The van der Waals surface area contributed by atoms with E-state index in [4.69, 9.17) is 16.3 Å². The van der Waals surface area contributed by atoms with E-state index in [0.29, 0.717) is 11.6 Å². The Morgan fingerprint density at radius 2 is 1.96 bits per heavy atom. The molecule has 0 atom stereocenters. The number of rotatable bonds is 4. The molecule has 1 aliphatic carbocycles. The summed E-state index contributed by atoms with van der Waals surface area (Å²) in [6.07, 6.45) is 6.35. The van der Waals surface area contributed by atoms with Crippen molar-refractivity contribution in [2.45, 2.75) is 38.6 Å². The molecule has 2 aromatic heterocycles. The summed E-state index contributed by atoms with van der Waals surface area (Å²) in [7, 11) is 1.70. The Bertz CT molecular complexity index is 986. The lowest BCUT2D eigenvalue weighted by atomic mass is 10.1. The van der Waals surface area contributed by atoms with Crippen LogP contribution in [0.15, 0.2) is 34.9 Å². The Balaban J connectivity index is 1.98. The number of hydrogen-bond acceptors (Lipinski definition) is 5. The first-order valence-electron chi connectivity index (χ1n) is 8.99. The predicted molar refractivity (Wildman–Crippen MR) is 112 cm³/mol. The highest BCUT2D eigenvalue weighted by molar-refractivity contribution is 9.10. The summed E-state index contributed by atoms with van der Waals surface area (Å²) in [4.78, 5) is 15.8. The quantitative estimate of drug-likeness (QED) is 0.470. The maximum absolute atomic E-state index is 6.30. The van der Waals surface area contributed by atoms with Crippen LogP contribution in [0.3, 0.4) is 0 Å². The first-order valence-corrected chi connectivity index (χ1v) is 10.2. The topological polar surface area (TPSA) is 51.1 Å². The van der Waals surface area contributed by atoms with E-state index in [1.165, 1.54) is 12.8 Å². The third kappa shape index (κ3) is 3.60.